The Labute approximate surface area is 123 Å². The standard InChI is InChI=1S/C15H19NO3S/c1-10-15(20-9-16-10)6-7-19-13-5-4-12(11(2)17)8-14(13)18-3/h4-5,8-9,11,17H,6-7H2,1-3H3/t11-/m1/s1. The van der Waals surface area contributed by atoms with E-state index in [1.54, 1.807) is 31.4 Å². The summed E-state index contributed by atoms with van der Waals surface area (Å²) in [6.45, 7) is 4.30. The van der Waals surface area contributed by atoms with Crippen molar-refractivity contribution in [2.24, 2.45) is 0 Å². The molecule has 0 saturated heterocycles. The first-order chi connectivity index (χ1) is 9.61. The first-order valence-electron chi connectivity index (χ1n) is 6.49. The maximum absolute atomic E-state index is 9.56. The molecular formula is C15H19NO3S. The number of ether oxygens (including phenoxy) is 2. The number of aliphatic hydroxyl groups excluding tert-OH is 1. The van der Waals surface area contributed by atoms with E-state index >= 15 is 0 Å². The molecule has 2 aromatic rings. The molecule has 0 radical (unpaired) electrons. The third kappa shape index (κ3) is 3.49. The Kier molecular flexibility index (Phi) is 4.98. The lowest BCUT2D eigenvalue weighted by molar-refractivity contribution is 0.198. The SMILES string of the molecule is COc1cc([C@@H](C)O)ccc1OCCc1scnc1C. The van der Waals surface area contributed by atoms with Gasteiger partial charge < -0.3 is 14.6 Å². The van der Waals surface area contributed by atoms with Gasteiger partial charge in [0.05, 0.1) is 31.0 Å². The second-order valence-corrected chi connectivity index (χ2v) is 5.48. The van der Waals surface area contributed by atoms with Gasteiger partial charge in [0.1, 0.15) is 0 Å². The minimum absolute atomic E-state index is 0.516. The Balaban J connectivity index is 2.00. The van der Waals surface area contributed by atoms with Crippen LogP contribution < -0.4 is 9.47 Å². The van der Waals surface area contributed by atoms with Gasteiger partial charge in [0.2, 0.25) is 0 Å². The highest BCUT2D eigenvalue weighted by Crippen LogP contribution is 2.30. The van der Waals surface area contributed by atoms with E-state index in [0.717, 1.165) is 17.7 Å². The van der Waals surface area contributed by atoms with Gasteiger partial charge in [0.25, 0.3) is 0 Å². The Morgan fingerprint density at radius 2 is 2.15 bits per heavy atom. The Morgan fingerprint density at radius 1 is 1.35 bits per heavy atom. The van der Waals surface area contributed by atoms with Gasteiger partial charge in [-0.05, 0) is 31.5 Å². The molecule has 0 aliphatic heterocycles. The molecule has 108 valence electrons. The minimum Gasteiger partial charge on any atom is -0.493 e. The molecule has 1 heterocycles. The summed E-state index contributed by atoms with van der Waals surface area (Å²) in [5.74, 6) is 1.34. The van der Waals surface area contributed by atoms with E-state index in [4.69, 9.17) is 9.47 Å². The van der Waals surface area contributed by atoms with Crippen LogP contribution in [0.5, 0.6) is 11.5 Å². The summed E-state index contributed by atoms with van der Waals surface area (Å²) in [5.41, 5.74) is 3.73. The summed E-state index contributed by atoms with van der Waals surface area (Å²) in [6.07, 6.45) is 0.315. The first kappa shape index (κ1) is 14.8. The van der Waals surface area contributed by atoms with Gasteiger partial charge in [0.15, 0.2) is 11.5 Å². The quantitative estimate of drug-likeness (QED) is 0.889. The molecule has 0 bridgehead atoms. The number of thiazole rings is 1. The molecule has 0 unspecified atom stereocenters. The van der Waals surface area contributed by atoms with Gasteiger partial charge in [-0.2, -0.15) is 0 Å². The molecule has 1 atom stereocenters. The Morgan fingerprint density at radius 3 is 2.75 bits per heavy atom. The van der Waals surface area contributed by atoms with Crippen LogP contribution in [0.1, 0.15) is 29.2 Å². The number of nitrogens with zero attached hydrogens (tertiary/aromatic N) is 1. The van der Waals surface area contributed by atoms with Gasteiger partial charge >= 0.3 is 0 Å². The van der Waals surface area contributed by atoms with Crippen molar-refractivity contribution < 1.29 is 14.6 Å². The number of aliphatic hydroxyl groups is 1. The molecule has 1 aromatic carbocycles. The van der Waals surface area contributed by atoms with Crippen LogP contribution >= 0.6 is 11.3 Å². The predicted octanol–water partition coefficient (Wildman–Crippen LogP) is 3.13. The van der Waals surface area contributed by atoms with Crippen molar-refractivity contribution in [3.63, 3.8) is 0 Å². The summed E-state index contributed by atoms with van der Waals surface area (Å²) < 4.78 is 11.1. The average Bonchev–Trinajstić information content (AvgIpc) is 2.84. The van der Waals surface area contributed by atoms with E-state index in [1.807, 2.05) is 24.6 Å². The highest BCUT2D eigenvalue weighted by Gasteiger charge is 2.09. The van der Waals surface area contributed by atoms with Crippen molar-refractivity contribution in [1.29, 1.82) is 0 Å². The lowest BCUT2D eigenvalue weighted by atomic mass is 10.1. The number of aromatic nitrogens is 1. The fourth-order valence-corrected chi connectivity index (χ4v) is 2.65. The summed E-state index contributed by atoms with van der Waals surface area (Å²) >= 11 is 1.65. The van der Waals surface area contributed by atoms with Crippen molar-refractivity contribution >= 4 is 11.3 Å². The largest absolute Gasteiger partial charge is 0.493 e. The predicted molar refractivity (Wildman–Crippen MR) is 79.7 cm³/mol. The summed E-state index contributed by atoms with van der Waals surface area (Å²) in [5, 5.41) is 9.56. The maximum Gasteiger partial charge on any atom is 0.161 e. The number of hydrogen-bond acceptors (Lipinski definition) is 5. The van der Waals surface area contributed by atoms with Gasteiger partial charge in [-0.25, -0.2) is 4.98 Å². The monoisotopic (exact) mass is 293 g/mol. The molecule has 1 aromatic heterocycles. The van der Waals surface area contributed by atoms with Crippen LogP contribution in [0.15, 0.2) is 23.7 Å². The summed E-state index contributed by atoms with van der Waals surface area (Å²) in [7, 11) is 1.60. The molecule has 0 aliphatic rings. The minimum atomic E-state index is -0.516. The van der Waals surface area contributed by atoms with Crippen LogP contribution in [-0.2, 0) is 6.42 Å². The topological polar surface area (TPSA) is 51.6 Å². The van der Waals surface area contributed by atoms with Gasteiger partial charge in [0, 0.05) is 11.3 Å². The van der Waals surface area contributed by atoms with Crippen molar-refractivity contribution in [2.45, 2.75) is 26.4 Å². The molecule has 0 amide bonds. The highest BCUT2D eigenvalue weighted by molar-refractivity contribution is 7.09. The van der Waals surface area contributed by atoms with Gasteiger partial charge in [-0.1, -0.05) is 6.07 Å². The first-order valence-corrected chi connectivity index (χ1v) is 7.37. The number of aryl methyl sites for hydroxylation is 1. The molecule has 20 heavy (non-hydrogen) atoms. The van der Waals surface area contributed by atoms with Crippen LogP contribution in [0, 0.1) is 6.92 Å². The third-order valence-electron chi connectivity index (χ3n) is 3.10. The number of hydrogen-bond donors (Lipinski definition) is 1. The van der Waals surface area contributed by atoms with Crippen LogP contribution in [-0.4, -0.2) is 23.8 Å². The smallest absolute Gasteiger partial charge is 0.161 e. The fraction of sp³-hybridized carbons (Fsp3) is 0.400. The molecular weight excluding hydrogens is 274 g/mol. The van der Waals surface area contributed by atoms with E-state index in [0.29, 0.717) is 18.1 Å². The fourth-order valence-electron chi connectivity index (χ4n) is 1.88. The highest BCUT2D eigenvalue weighted by atomic mass is 32.1. The summed E-state index contributed by atoms with van der Waals surface area (Å²) in [6, 6.07) is 5.48. The molecule has 5 heteroatoms. The average molecular weight is 293 g/mol. The Hall–Kier alpha value is -1.59. The molecule has 0 aliphatic carbocycles. The summed E-state index contributed by atoms with van der Waals surface area (Å²) in [4.78, 5) is 5.46. The van der Waals surface area contributed by atoms with E-state index in [2.05, 4.69) is 4.98 Å². The molecule has 0 spiro atoms. The molecule has 0 saturated carbocycles. The van der Waals surface area contributed by atoms with Crippen LogP contribution in [0.2, 0.25) is 0 Å². The second-order valence-electron chi connectivity index (χ2n) is 4.55. The van der Waals surface area contributed by atoms with Crippen LogP contribution in [0.4, 0.5) is 0 Å². The van der Waals surface area contributed by atoms with Crippen LogP contribution in [0.3, 0.4) is 0 Å². The van der Waals surface area contributed by atoms with Crippen molar-refractivity contribution in [1.82, 2.24) is 4.98 Å². The van der Waals surface area contributed by atoms with E-state index in [9.17, 15) is 5.11 Å². The third-order valence-corrected chi connectivity index (χ3v) is 4.10. The zero-order valence-electron chi connectivity index (χ0n) is 11.9. The van der Waals surface area contributed by atoms with Crippen LogP contribution in [0.25, 0.3) is 0 Å². The van der Waals surface area contributed by atoms with E-state index in [-0.39, 0.29) is 0 Å². The molecule has 1 N–H and O–H groups in total. The van der Waals surface area contributed by atoms with Crippen molar-refractivity contribution in [3.05, 3.63) is 39.8 Å². The molecule has 2 rings (SSSR count). The van der Waals surface area contributed by atoms with Crippen molar-refractivity contribution in [2.75, 3.05) is 13.7 Å². The zero-order chi connectivity index (χ0) is 14.5. The molecule has 0 fully saturated rings. The Bertz CT molecular complexity index is 566. The lowest BCUT2D eigenvalue weighted by Gasteiger charge is -2.13. The van der Waals surface area contributed by atoms with Gasteiger partial charge in [-0.3, -0.25) is 0 Å². The van der Waals surface area contributed by atoms with Gasteiger partial charge in [-0.15, -0.1) is 11.3 Å². The maximum atomic E-state index is 9.56. The number of methoxy groups -OCH3 is 1. The second kappa shape index (κ2) is 6.72. The van der Waals surface area contributed by atoms with Crippen molar-refractivity contribution in [3.8, 4) is 11.5 Å². The normalized spacial score (nSPS) is 12.2. The molecule has 4 nitrogen and oxygen atoms in total. The number of rotatable bonds is 6. The van der Waals surface area contributed by atoms with E-state index < -0.39 is 6.10 Å². The lowest BCUT2D eigenvalue weighted by Crippen LogP contribution is -2.03. The zero-order valence-corrected chi connectivity index (χ0v) is 12.7. The number of benzene rings is 1. The van der Waals surface area contributed by atoms with E-state index in [1.165, 1.54) is 4.88 Å².